The van der Waals surface area contributed by atoms with Gasteiger partial charge in [0.05, 0.1) is 11.9 Å². The Kier molecular flexibility index (Phi) is 11.7. The highest BCUT2D eigenvalue weighted by Crippen LogP contribution is 2.32. The molecule has 1 saturated carbocycles. The summed E-state index contributed by atoms with van der Waals surface area (Å²) in [6.07, 6.45) is 4.57. The number of carbonyl (C=O) groups is 4. The summed E-state index contributed by atoms with van der Waals surface area (Å²) in [4.78, 5) is 57.9. The molecule has 3 atom stereocenters. The Morgan fingerprint density at radius 2 is 1.69 bits per heavy atom. The highest BCUT2D eigenvalue weighted by molar-refractivity contribution is 7.07. The molecule has 49 heavy (non-hydrogen) atoms. The van der Waals surface area contributed by atoms with Gasteiger partial charge in [0, 0.05) is 38.0 Å². The van der Waals surface area contributed by atoms with E-state index < -0.39 is 41.5 Å². The van der Waals surface area contributed by atoms with Gasteiger partial charge in [0.2, 0.25) is 11.8 Å². The van der Waals surface area contributed by atoms with E-state index in [1.165, 1.54) is 18.3 Å². The number of anilines is 1. The van der Waals surface area contributed by atoms with Crippen LogP contribution >= 0.6 is 11.5 Å². The lowest BCUT2D eigenvalue weighted by molar-refractivity contribution is -0.135. The van der Waals surface area contributed by atoms with Crippen LogP contribution in [0.5, 0.6) is 0 Å². The lowest BCUT2D eigenvalue weighted by Crippen LogP contribution is -2.55. The number of nitrogens with zero attached hydrogens (tertiary/aromatic N) is 6. The van der Waals surface area contributed by atoms with Crippen molar-refractivity contribution >= 4 is 40.8 Å². The molecular weight excluding hydrogens is 653 g/mol. The Labute approximate surface area is 288 Å². The van der Waals surface area contributed by atoms with Gasteiger partial charge in [-0.2, -0.15) is 0 Å². The number of piperazine rings is 1. The maximum Gasteiger partial charge on any atom is 0.276 e. The van der Waals surface area contributed by atoms with E-state index in [4.69, 9.17) is 4.63 Å². The molecule has 2 fully saturated rings. The number of carbonyl (C=O) groups excluding carboxylic acids is 4. The molecule has 3 aromatic rings. The van der Waals surface area contributed by atoms with Crippen LogP contribution in [0.3, 0.4) is 0 Å². The standard InChI is InChI=1S/C33H44FN9O5S/c1-18(2)26-29(40-48-39-26)32(46)38-28(21-8-6-19(3)7-9-21)31(45)36-24-11-10-22(16-23(24)34)20(4)27(37-30(44)25-17-35-41-49-25)33(47)43-14-12-42(5)13-15-43/h10-11,16-21,27-28H,6-9,12-15H2,1-5H3,(H,36,45)(H,37,44)(H,38,46)/t19?,20-,21?,27+,28-/m0/s1. The van der Waals surface area contributed by atoms with Gasteiger partial charge in [0.25, 0.3) is 11.8 Å². The molecule has 0 unspecified atom stereocenters. The van der Waals surface area contributed by atoms with Crippen molar-refractivity contribution in [1.82, 2.24) is 40.3 Å². The quantitative estimate of drug-likeness (QED) is 0.269. The maximum absolute atomic E-state index is 15.8. The number of hydrogen-bond acceptors (Lipinski definition) is 11. The van der Waals surface area contributed by atoms with Gasteiger partial charge in [-0.05, 0) is 66.1 Å². The van der Waals surface area contributed by atoms with Gasteiger partial charge in [-0.25, -0.2) is 9.02 Å². The third-order valence-electron chi connectivity index (χ3n) is 9.61. The highest BCUT2D eigenvalue weighted by atomic mass is 32.1. The molecule has 1 aliphatic heterocycles. The van der Waals surface area contributed by atoms with Crippen molar-refractivity contribution in [3.05, 3.63) is 52.0 Å². The van der Waals surface area contributed by atoms with Gasteiger partial charge in [-0.15, -0.1) is 5.10 Å². The van der Waals surface area contributed by atoms with Crippen molar-refractivity contribution < 1.29 is 28.2 Å². The van der Waals surface area contributed by atoms with Gasteiger partial charge in [-0.3, -0.25) is 19.2 Å². The average Bonchev–Trinajstić information content (AvgIpc) is 3.81. The molecule has 2 aliphatic rings. The lowest BCUT2D eigenvalue weighted by atomic mass is 9.79. The number of likely N-dealkylation sites (N-methyl/N-ethyl adjacent to an activating group) is 1. The summed E-state index contributed by atoms with van der Waals surface area (Å²) in [6, 6.07) is 2.38. The first kappa shape index (κ1) is 36.0. The normalized spacial score (nSPS) is 20.3. The van der Waals surface area contributed by atoms with Gasteiger partial charge in [0.1, 0.15) is 28.5 Å². The lowest BCUT2D eigenvalue weighted by Gasteiger charge is -2.36. The second-order valence-corrected chi connectivity index (χ2v) is 14.3. The summed E-state index contributed by atoms with van der Waals surface area (Å²) in [7, 11) is 1.98. The molecule has 264 valence electrons. The SMILES string of the molecule is CC1CCC([C@H](NC(=O)c2nonc2C(C)C)C(=O)Nc2ccc([C@H](C)[C@@H](NC(=O)c3cnns3)C(=O)N3CCN(C)CC3)cc2F)CC1. The first-order valence-corrected chi connectivity index (χ1v) is 17.5. The Morgan fingerprint density at radius 3 is 2.33 bits per heavy atom. The first-order valence-electron chi connectivity index (χ1n) is 16.7. The van der Waals surface area contributed by atoms with Crippen LogP contribution < -0.4 is 16.0 Å². The molecule has 14 nitrogen and oxygen atoms in total. The minimum Gasteiger partial charge on any atom is -0.339 e. The van der Waals surface area contributed by atoms with Crippen LogP contribution in [0, 0.1) is 17.7 Å². The number of nitrogens with one attached hydrogen (secondary N) is 3. The molecule has 16 heteroatoms. The monoisotopic (exact) mass is 697 g/mol. The fourth-order valence-electron chi connectivity index (χ4n) is 6.38. The number of rotatable bonds is 11. The van der Waals surface area contributed by atoms with Crippen LogP contribution in [0.15, 0.2) is 29.0 Å². The van der Waals surface area contributed by atoms with E-state index in [1.54, 1.807) is 17.9 Å². The fraction of sp³-hybridized carbons (Fsp3) is 0.576. The number of halogens is 1. The van der Waals surface area contributed by atoms with E-state index in [1.807, 2.05) is 20.9 Å². The molecule has 1 aliphatic carbocycles. The van der Waals surface area contributed by atoms with Crippen LogP contribution in [-0.4, -0.2) is 98.6 Å². The zero-order valence-corrected chi connectivity index (χ0v) is 29.3. The van der Waals surface area contributed by atoms with Gasteiger partial charge < -0.3 is 25.8 Å². The summed E-state index contributed by atoms with van der Waals surface area (Å²) < 4.78 is 24.3. The second-order valence-electron chi connectivity index (χ2n) is 13.5. The van der Waals surface area contributed by atoms with Crippen LogP contribution in [0.1, 0.15) is 96.6 Å². The predicted octanol–water partition coefficient (Wildman–Crippen LogP) is 3.42. The van der Waals surface area contributed by atoms with E-state index in [-0.39, 0.29) is 34.0 Å². The summed E-state index contributed by atoms with van der Waals surface area (Å²) in [6.45, 7) is 10.00. The van der Waals surface area contributed by atoms with Crippen molar-refractivity contribution in [2.24, 2.45) is 11.8 Å². The zero-order valence-electron chi connectivity index (χ0n) is 28.4. The van der Waals surface area contributed by atoms with Crippen molar-refractivity contribution in [1.29, 1.82) is 0 Å². The van der Waals surface area contributed by atoms with Crippen molar-refractivity contribution in [3.8, 4) is 0 Å². The minimum absolute atomic E-state index is 0.0147. The van der Waals surface area contributed by atoms with E-state index in [2.05, 4.69) is 47.7 Å². The van der Waals surface area contributed by atoms with Crippen LogP contribution in [0.2, 0.25) is 0 Å². The number of amides is 4. The summed E-state index contributed by atoms with van der Waals surface area (Å²) in [5.74, 6) is -3.03. The molecular formula is C33H44FN9O5S. The Morgan fingerprint density at radius 1 is 0.980 bits per heavy atom. The van der Waals surface area contributed by atoms with Gasteiger partial charge in [-0.1, -0.05) is 56.2 Å². The van der Waals surface area contributed by atoms with Crippen molar-refractivity contribution in [2.75, 3.05) is 38.5 Å². The largest absolute Gasteiger partial charge is 0.339 e. The molecule has 3 N–H and O–H groups in total. The molecule has 4 amide bonds. The Bertz CT molecular complexity index is 1620. The second kappa shape index (κ2) is 15.9. The van der Waals surface area contributed by atoms with Crippen molar-refractivity contribution in [3.63, 3.8) is 0 Å². The summed E-state index contributed by atoms with van der Waals surface area (Å²) in [5, 5.41) is 19.7. The van der Waals surface area contributed by atoms with Crippen molar-refractivity contribution in [2.45, 2.75) is 77.3 Å². The average molecular weight is 698 g/mol. The van der Waals surface area contributed by atoms with E-state index >= 15 is 4.39 Å². The molecule has 2 aromatic heterocycles. The molecule has 0 spiro atoms. The number of benzene rings is 1. The Balaban J connectivity index is 1.34. The summed E-state index contributed by atoms with van der Waals surface area (Å²) >= 11 is 0.913. The third-order valence-corrected chi connectivity index (χ3v) is 10.3. The Hall–Kier alpha value is -4.31. The molecule has 0 bridgehead atoms. The molecule has 1 aromatic carbocycles. The molecule has 5 rings (SSSR count). The smallest absolute Gasteiger partial charge is 0.276 e. The summed E-state index contributed by atoms with van der Waals surface area (Å²) in [5.41, 5.74) is 0.781. The van der Waals surface area contributed by atoms with E-state index in [0.29, 0.717) is 43.4 Å². The van der Waals surface area contributed by atoms with Gasteiger partial charge >= 0.3 is 0 Å². The van der Waals surface area contributed by atoms with Gasteiger partial charge in [0.15, 0.2) is 5.69 Å². The predicted molar refractivity (Wildman–Crippen MR) is 179 cm³/mol. The minimum atomic E-state index is -0.993. The fourth-order valence-corrected chi connectivity index (χ4v) is 6.80. The van der Waals surface area contributed by atoms with Crippen LogP contribution in [0.4, 0.5) is 10.1 Å². The highest BCUT2D eigenvalue weighted by Gasteiger charge is 2.36. The zero-order chi connectivity index (χ0) is 35.2. The molecule has 1 saturated heterocycles. The molecule has 3 heterocycles. The van der Waals surface area contributed by atoms with E-state index in [0.717, 1.165) is 37.2 Å². The third kappa shape index (κ3) is 8.65. The maximum atomic E-state index is 15.8. The molecule has 0 radical (unpaired) electrons. The van der Waals surface area contributed by atoms with E-state index in [9.17, 15) is 19.2 Å². The van der Waals surface area contributed by atoms with Crippen LogP contribution in [0.25, 0.3) is 0 Å². The number of hydrogen-bond donors (Lipinski definition) is 3. The number of aromatic nitrogens is 4. The first-order chi connectivity index (χ1) is 23.4. The van der Waals surface area contributed by atoms with Crippen LogP contribution in [-0.2, 0) is 9.59 Å². The topological polar surface area (TPSA) is 176 Å².